The molecule has 0 amide bonds. The maximum Gasteiger partial charge on any atom is 0.179 e. The van der Waals surface area contributed by atoms with Gasteiger partial charge in [0.05, 0.1) is 6.07 Å². The van der Waals surface area contributed by atoms with E-state index < -0.39 is 5.92 Å². The van der Waals surface area contributed by atoms with Gasteiger partial charge >= 0.3 is 0 Å². The van der Waals surface area contributed by atoms with Crippen LogP contribution in [0.1, 0.15) is 17.3 Å². The van der Waals surface area contributed by atoms with E-state index in [1.54, 1.807) is 13.0 Å². The highest BCUT2D eigenvalue weighted by atomic mass is 16.1. The number of hydrogen-bond acceptors (Lipinski definition) is 2. The predicted octanol–water partition coefficient (Wildman–Crippen LogP) is 2.51. The largest absolute Gasteiger partial charge is 0.361 e. The molecule has 1 aromatic carbocycles. The molecule has 1 heterocycles. The fourth-order valence-corrected chi connectivity index (χ4v) is 1.52. The van der Waals surface area contributed by atoms with Crippen LogP contribution in [0.5, 0.6) is 0 Å². The summed E-state index contributed by atoms with van der Waals surface area (Å²) in [6, 6.07) is 9.26. The Morgan fingerprint density at radius 1 is 1.47 bits per heavy atom. The number of aromatic amines is 1. The average molecular weight is 198 g/mol. The van der Waals surface area contributed by atoms with Crippen molar-refractivity contribution in [2.45, 2.75) is 6.92 Å². The number of nitrogens with one attached hydrogen (secondary N) is 1. The molecule has 2 aromatic rings. The van der Waals surface area contributed by atoms with Crippen LogP contribution in [0.15, 0.2) is 30.5 Å². The van der Waals surface area contributed by atoms with E-state index >= 15 is 0 Å². The van der Waals surface area contributed by atoms with Gasteiger partial charge in [0.25, 0.3) is 0 Å². The summed E-state index contributed by atoms with van der Waals surface area (Å²) in [4.78, 5) is 14.8. The summed E-state index contributed by atoms with van der Waals surface area (Å²) < 4.78 is 0. The quantitative estimate of drug-likeness (QED) is 0.754. The lowest BCUT2D eigenvalue weighted by molar-refractivity contribution is 0.0956. The van der Waals surface area contributed by atoms with Crippen LogP contribution in [-0.4, -0.2) is 10.8 Å². The first-order valence-corrected chi connectivity index (χ1v) is 4.73. The van der Waals surface area contributed by atoms with Crippen molar-refractivity contribution in [3.8, 4) is 6.07 Å². The Morgan fingerprint density at radius 3 is 3.00 bits per heavy atom. The second-order valence-corrected chi connectivity index (χ2v) is 3.49. The number of Topliss-reactive ketones (excluding diaryl/α,β-unsaturated/α-hetero) is 1. The predicted molar refractivity (Wildman–Crippen MR) is 57.4 cm³/mol. The standard InChI is InChI=1S/C12H10N2O/c1-8(7-13)12(15)10-2-3-11-9(6-10)4-5-14-11/h2-6,8,14H,1H3. The number of ketones is 1. The number of nitrogens with zero attached hydrogens (tertiary/aromatic N) is 1. The second kappa shape index (κ2) is 3.58. The number of hydrogen-bond donors (Lipinski definition) is 1. The number of nitriles is 1. The van der Waals surface area contributed by atoms with Gasteiger partial charge in [0.15, 0.2) is 5.78 Å². The van der Waals surface area contributed by atoms with Crippen LogP contribution in [0.4, 0.5) is 0 Å². The Bertz CT molecular complexity index is 548. The molecule has 15 heavy (non-hydrogen) atoms. The SMILES string of the molecule is CC(C#N)C(=O)c1ccc2[nH]ccc2c1. The number of carbonyl (C=O) groups excluding carboxylic acids is 1. The van der Waals surface area contributed by atoms with Gasteiger partial charge in [-0.1, -0.05) is 0 Å². The monoisotopic (exact) mass is 198 g/mol. The minimum absolute atomic E-state index is 0.124. The van der Waals surface area contributed by atoms with E-state index in [2.05, 4.69) is 4.98 Å². The lowest BCUT2D eigenvalue weighted by Crippen LogP contribution is -2.08. The molecule has 74 valence electrons. The van der Waals surface area contributed by atoms with E-state index in [4.69, 9.17) is 5.26 Å². The van der Waals surface area contributed by atoms with Crippen molar-refractivity contribution in [2.75, 3.05) is 0 Å². The Labute approximate surface area is 87.3 Å². The summed E-state index contributed by atoms with van der Waals surface area (Å²) in [5, 5.41) is 9.65. The van der Waals surface area contributed by atoms with Gasteiger partial charge in [0.2, 0.25) is 0 Å². The molecule has 1 atom stereocenters. The first-order valence-electron chi connectivity index (χ1n) is 4.73. The molecule has 1 N–H and O–H groups in total. The van der Waals surface area contributed by atoms with Gasteiger partial charge in [0, 0.05) is 22.7 Å². The minimum atomic E-state index is -0.582. The minimum Gasteiger partial charge on any atom is -0.361 e. The maximum atomic E-state index is 11.7. The zero-order valence-corrected chi connectivity index (χ0v) is 8.32. The molecule has 1 aromatic heterocycles. The number of fused-ring (bicyclic) bond motifs is 1. The molecule has 2 rings (SSSR count). The molecule has 0 aliphatic heterocycles. The smallest absolute Gasteiger partial charge is 0.179 e. The van der Waals surface area contributed by atoms with Crippen LogP contribution in [0, 0.1) is 17.2 Å². The summed E-state index contributed by atoms with van der Waals surface area (Å²) >= 11 is 0. The van der Waals surface area contributed by atoms with E-state index in [9.17, 15) is 4.79 Å². The first kappa shape index (κ1) is 9.47. The van der Waals surface area contributed by atoms with Crippen LogP contribution >= 0.6 is 0 Å². The Kier molecular flexibility index (Phi) is 2.26. The summed E-state index contributed by atoms with van der Waals surface area (Å²) in [5.74, 6) is -0.706. The van der Waals surface area contributed by atoms with Crippen molar-refractivity contribution >= 4 is 16.7 Å². The van der Waals surface area contributed by atoms with Crippen LogP contribution in [0.25, 0.3) is 10.9 Å². The first-order chi connectivity index (χ1) is 7.22. The third kappa shape index (κ3) is 1.62. The van der Waals surface area contributed by atoms with Crippen molar-refractivity contribution in [1.82, 2.24) is 4.98 Å². The van der Waals surface area contributed by atoms with Gasteiger partial charge < -0.3 is 4.98 Å². The molecule has 0 bridgehead atoms. The Balaban J connectivity index is 2.45. The van der Waals surface area contributed by atoms with Crippen molar-refractivity contribution in [1.29, 1.82) is 5.26 Å². The van der Waals surface area contributed by atoms with Crippen molar-refractivity contribution in [2.24, 2.45) is 5.92 Å². The van der Waals surface area contributed by atoms with Gasteiger partial charge in [-0.2, -0.15) is 5.26 Å². The normalized spacial score (nSPS) is 12.3. The lowest BCUT2D eigenvalue weighted by Gasteiger charge is -2.01. The molecule has 1 unspecified atom stereocenters. The molecule has 0 fully saturated rings. The Hall–Kier alpha value is -2.08. The van der Waals surface area contributed by atoms with E-state index in [1.165, 1.54) is 0 Å². The van der Waals surface area contributed by atoms with Crippen LogP contribution < -0.4 is 0 Å². The zero-order chi connectivity index (χ0) is 10.8. The van der Waals surface area contributed by atoms with Gasteiger partial charge in [0.1, 0.15) is 5.92 Å². The van der Waals surface area contributed by atoms with E-state index in [-0.39, 0.29) is 5.78 Å². The topological polar surface area (TPSA) is 56.6 Å². The molecular weight excluding hydrogens is 188 g/mol. The number of aromatic nitrogens is 1. The van der Waals surface area contributed by atoms with E-state index in [0.717, 1.165) is 10.9 Å². The second-order valence-electron chi connectivity index (χ2n) is 3.49. The Morgan fingerprint density at radius 2 is 2.27 bits per heavy atom. The molecule has 0 aliphatic rings. The van der Waals surface area contributed by atoms with Crippen molar-refractivity contribution in [3.05, 3.63) is 36.0 Å². The van der Waals surface area contributed by atoms with Crippen molar-refractivity contribution in [3.63, 3.8) is 0 Å². The van der Waals surface area contributed by atoms with E-state index in [0.29, 0.717) is 5.56 Å². The lowest BCUT2D eigenvalue weighted by atomic mass is 10.00. The van der Waals surface area contributed by atoms with E-state index in [1.807, 2.05) is 30.5 Å². The fourth-order valence-electron chi connectivity index (χ4n) is 1.52. The molecule has 0 saturated carbocycles. The maximum absolute atomic E-state index is 11.7. The fraction of sp³-hybridized carbons (Fsp3) is 0.167. The van der Waals surface area contributed by atoms with Crippen LogP contribution in [0.2, 0.25) is 0 Å². The third-order valence-electron chi connectivity index (χ3n) is 2.42. The average Bonchev–Trinajstić information content (AvgIpc) is 2.73. The van der Waals surface area contributed by atoms with Gasteiger partial charge in [-0.15, -0.1) is 0 Å². The molecule has 0 aliphatic carbocycles. The van der Waals surface area contributed by atoms with Crippen LogP contribution in [0.3, 0.4) is 0 Å². The highest BCUT2D eigenvalue weighted by molar-refractivity contribution is 6.01. The molecule has 3 heteroatoms. The number of rotatable bonds is 2. The molecule has 3 nitrogen and oxygen atoms in total. The highest BCUT2D eigenvalue weighted by Gasteiger charge is 2.14. The van der Waals surface area contributed by atoms with Crippen molar-refractivity contribution < 1.29 is 4.79 Å². The third-order valence-corrected chi connectivity index (χ3v) is 2.42. The summed E-state index contributed by atoms with van der Waals surface area (Å²) in [5.41, 5.74) is 1.59. The van der Waals surface area contributed by atoms with Crippen LogP contribution in [-0.2, 0) is 0 Å². The van der Waals surface area contributed by atoms with Gasteiger partial charge in [-0.25, -0.2) is 0 Å². The van der Waals surface area contributed by atoms with Gasteiger partial charge in [-0.05, 0) is 31.2 Å². The number of benzene rings is 1. The summed E-state index contributed by atoms with van der Waals surface area (Å²) in [6.45, 7) is 1.61. The summed E-state index contributed by atoms with van der Waals surface area (Å²) in [6.07, 6.45) is 1.83. The number of carbonyl (C=O) groups is 1. The molecule has 0 saturated heterocycles. The summed E-state index contributed by atoms with van der Waals surface area (Å²) in [7, 11) is 0. The molecular formula is C12H10N2O. The number of H-pyrrole nitrogens is 1. The molecule has 0 radical (unpaired) electrons. The zero-order valence-electron chi connectivity index (χ0n) is 8.32. The molecule has 0 spiro atoms. The highest BCUT2D eigenvalue weighted by Crippen LogP contribution is 2.16. The van der Waals surface area contributed by atoms with Gasteiger partial charge in [-0.3, -0.25) is 4.79 Å².